The zero-order chi connectivity index (χ0) is 25.7. The van der Waals surface area contributed by atoms with Crippen molar-refractivity contribution < 1.29 is 32.6 Å². The number of hydrogen-bond acceptors (Lipinski definition) is 3. The molecule has 1 heterocycles. The molecule has 0 radical (unpaired) electrons. The summed E-state index contributed by atoms with van der Waals surface area (Å²) in [6, 6.07) is 16.8. The number of aromatic carboxylic acids is 1. The summed E-state index contributed by atoms with van der Waals surface area (Å²) < 4.78 is 43.1. The predicted octanol–water partition coefficient (Wildman–Crippen LogP) is 7.41. The summed E-state index contributed by atoms with van der Waals surface area (Å²) in [5.74, 6) is -2.42. The topological polar surface area (TPSA) is 70.4 Å². The zero-order valence-corrected chi connectivity index (χ0v) is 19.1. The van der Waals surface area contributed by atoms with E-state index in [9.17, 15) is 27.5 Å². The van der Waals surface area contributed by atoms with E-state index in [1.165, 1.54) is 12.1 Å². The monoisotopic (exact) mass is 505 g/mol. The highest BCUT2D eigenvalue weighted by Crippen LogP contribution is 2.38. The Kier molecular flexibility index (Phi) is 8.43. The fourth-order valence-corrected chi connectivity index (χ4v) is 4.14. The van der Waals surface area contributed by atoms with Gasteiger partial charge in [-0.05, 0) is 51.9 Å². The number of halogens is 5. The van der Waals surface area contributed by atoms with Crippen LogP contribution in [-0.4, -0.2) is 27.8 Å². The quantitative estimate of drug-likeness (QED) is 0.277. The fourth-order valence-electron chi connectivity index (χ4n) is 3.79. The van der Waals surface area contributed by atoms with Gasteiger partial charge < -0.3 is 10.2 Å². The lowest BCUT2D eigenvalue weighted by Crippen LogP contribution is -2.09. The van der Waals surface area contributed by atoms with Crippen molar-refractivity contribution in [3.05, 3.63) is 101 Å². The summed E-state index contributed by atoms with van der Waals surface area (Å²) in [6.07, 6.45) is 2.66. The Hall–Kier alpha value is -3.49. The summed E-state index contributed by atoms with van der Waals surface area (Å²) in [6.45, 7) is -1.77. The van der Waals surface area contributed by atoms with Gasteiger partial charge in [-0.3, -0.25) is 4.98 Å². The Bertz CT molecular complexity index is 1340. The van der Waals surface area contributed by atoms with Gasteiger partial charge in [-0.15, -0.1) is 0 Å². The molecule has 2 N–H and O–H groups in total. The third-order valence-corrected chi connectivity index (χ3v) is 5.86. The van der Waals surface area contributed by atoms with Crippen LogP contribution in [0.2, 0.25) is 5.02 Å². The van der Waals surface area contributed by atoms with Crippen LogP contribution in [0.15, 0.2) is 73.1 Å². The molecule has 0 amide bonds. The molecule has 0 aliphatic heterocycles. The van der Waals surface area contributed by atoms with Crippen molar-refractivity contribution in [2.75, 3.05) is 0 Å². The van der Waals surface area contributed by atoms with Crippen LogP contribution in [0.5, 0.6) is 0 Å². The molecule has 9 heteroatoms. The molecule has 4 aromatic rings. The normalized spacial score (nSPS) is 12.7. The van der Waals surface area contributed by atoms with Gasteiger partial charge >= 0.3 is 12.6 Å². The van der Waals surface area contributed by atoms with Crippen molar-refractivity contribution in [2.45, 2.75) is 25.6 Å². The lowest BCUT2D eigenvalue weighted by atomic mass is 9.88. The molecule has 4 nitrogen and oxygen atoms in total. The van der Waals surface area contributed by atoms with Gasteiger partial charge in [-0.1, -0.05) is 54.9 Å². The molecule has 0 bridgehead atoms. The van der Waals surface area contributed by atoms with Crippen molar-refractivity contribution >= 4 is 28.3 Å². The number of hydrogen-bond donors (Lipinski definition) is 2. The van der Waals surface area contributed by atoms with Crippen LogP contribution >= 0.6 is 11.6 Å². The number of nitrogens with zero attached hydrogens (tertiary/aromatic N) is 1. The van der Waals surface area contributed by atoms with Crippen LogP contribution in [0.25, 0.3) is 21.9 Å². The number of benzene rings is 3. The second-order valence-corrected chi connectivity index (χ2v) is 8.07. The van der Waals surface area contributed by atoms with Crippen molar-refractivity contribution in [3.63, 3.8) is 0 Å². The molecular weight excluding hydrogens is 486 g/mol. The second-order valence-electron chi connectivity index (χ2n) is 7.66. The minimum absolute atomic E-state index is 0.300. The van der Waals surface area contributed by atoms with Crippen LogP contribution in [0.3, 0.4) is 0 Å². The number of aliphatic hydroxyl groups excluding tert-OH is 1. The number of carboxylic acid groups (broad SMARTS) is 1. The smallest absolute Gasteiger partial charge is 0.379 e. The highest BCUT2D eigenvalue weighted by Gasteiger charge is 2.22. The van der Waals surface area contributed by atoms with Crippen LogP contribution in [0.1, 0.15) is 40.4 Å². The Balaban J connectivity index is 0.000000795. The number of pyridine rings is 1. The number of fused-ring (bicyclic) bond motifs is 1. The van der Waals surface area contributed by atoms with Gasteiger partial charge in [-0.2, -0.15) is 13.2 Å². The fraction of sp³-hybridized carbons (Fsp3) is 0.154. The summed E-state index contributed by atoms with van der Waals surface area (Å²) in [4.78, 5) is 15.1. The van der Waals surface area contributed by atoms with Gasteiger partial charge in [0.1, 0.15) is 5.82 Å². The van der Waals surface area contributed by atoms with E-state index in [4.69, 9.17) is 16.7 Å². The third kappa shape index (κ3) is 6.15. The SMILES string of the molecule is C[C@@H](c1ccc(-c2ccc(C(=O)O)c(F)c2)cc1Cl)C(O)c1cccc2cnccc12.FC(F)F. The molecule has 182 valence electrons. The van der Waals surface area contributed by atoms with Crippen molar-refractivity contribution in [1.82, 2.24) is 4.98 Å². The number of aromatic nitrogens is 1. The Labute approximate surface area is 203 Å². The molecule has 0 fully saturated rings. The van der Waals surface area contributed by atoms with E-state index < -0.39 is 24.6 Å². The average molecular weight is 506 g/mol. The Morgan fingerprint density at radius 1 is 0.971 bits per heavy atom. The minimum atomic E-state index is -3.67. The molecule has 2 atom stereocenters. The van der Waals surface area contributed by atoms with Crippen LogP contribution in [-0.2, 0) is 0 Å². The first-order valence-electron chi connectivity index (χ1n) is 10.4. The summed E-state index contributed by atoms with van der Waals surface area (Å²) in [5.41, 5.74) is 2.34. The van der Waals surface area contributed by atoms with Gasteiger partial charge in [0.25, 0.3) is 0 Å². The maximum atomic E-state index is 14.1. The highest BCUT2D eigenvalue weighted by molar-refractivity contribution is 6.31. The van der Waals surface area contributed by atoms with E-state index in [1.807, 2.05) is 31.2 Å². The maximum absolute atomic E-state index is 14.1. The summed E-state index contributed by atoms with van der Waals surface area (Å²) in [5, 5.41) is 22.4. The predicted molar refractivity (Wildman–Crippen MR) is 126 cm³/mol. The van der Waals surface area contributed by atoms with Gasteiger partial charge in [0.05, 0.1) is 11.7 Å². The molecule has 4 rings (SSSR count). The molecule has 35 heavy (non-hydrogen) atoms. The van der Waals surface area contributed by atoms with Crippen molar-refractivity contribution in [1.29, 1.82) is 0 Å². The van der Waals surface area contributed by atoms with Crippen LogP contribution in [0, 0.1) is 5.82 Å². The van der Waals surface area contributed by atoms with E-state index in [1.54, 1.807) is 36.7 Å². The maximum Gasteiger partial charge on any atom is 0.379 e. The van der Waals surface area contributed by atoms with E-state index in [-0.39, 0.29) is 11.5 Å². The zero-order valence-electron chi connectivity index (χ0n) is 18.3. The van der Waals surface area contributed by atoms with Gasteiger partial charge in [0, 0.05) is 28.7 Å². The first-order valence-corrected chi connectivity index (χ1v) is 10.7. The molecule has 0 spiro atoms. The summed E-state index contributed by atoms with van der Waals surface area (Å²) >= 11 is 6.54. The molecule has 0 saturated heterocycles. The first kappa shape index (κ1) is 26.1. The van der Waals surface area contributed by atoms with Crippen LogP contribution < -0.4 is 0 Å². The molecule has 0 saturated carbocycles. The van der Waals surface area contributed by atoms with Gasteiger partial charge in [0.15, 0.2) is 0 Å². The van der Waals surface area contributed by atoms with Crippen molar-refractivity contribution in [2.24, 2.45) is 0 Å². The lowest BCUT2D eigenvalue weighted by molar-refractivity contribution is 0.00817. The molecule has 0 aliphatic rings. The summed E-state index contributed by atoms with van der Waals surface area (Å²) in [7, 11) is 0. The van der Waals surface area contributed by atoms with E-state index >= 15 is 0 Å². The third-order valence-electron chi connectivity index (χ3n) is 5.53. The largest absolute Gasteiger partial charge is 0.478 e. The standard InChI is InChI=1S/C25H19ClFNO3.CHF3/c1-14(24(29)20-4-2-3-17-13-28-10-9-19(17)20)18-7-5-15(11-22(18)26)16-6-8-21(25(30)31)23(27)12-16;2-1(3)4/h2-14,24,29H,1H3,(H,30,31);1H/t14-,24?;/m0./s1. The highest BCUT2D eigenvalue weighted by atomic mass is 35.5. The number of aliphatic hydroxyl groups is 1. The molecule has 1 unspecified atom stereocenters. The van der Waals surface area contributed by atoms with Crippen molar-refractivity contribution in [3.8, 4) is 11.1 Å². The van der Waals surface area contributed by atoms with E-state index in [2.05, 4.69) is 4.98 Å². The average Bonchev–Trinajstić information content (AvgIpc) is 2.82. The molecule has 0 aliphatic carbocycles. The first-order chi connectivity index (χ1) is 16.6. The van der Waals surface area contributed by atoms with Crippen LogP contribution in [0.4, 0.5) is 17.6 Å². The van der Waals surface area contributed by atoms with E-state index in [0.717, 1.165) is 21.9 Å². The van der Waals surface area contributed by atoms with Gasteiger partial charge in [0.2, 0.25) is 0 Å². The van der Waals surface area contributed by atoms with E-state index in [0.29, 0.717) is 16.1 Å². The minimum Gasteiger partial charge on any atom is -0.478 e. The Morgan fingerprint density at radius 2 is 1.63 bits per heavy atom. The molecule has 3 aromatic carbocycles. The molecular formula is C26H20ClF4NO3. The second kappa shape index (κ2) is 11.3. The molecule has 1 aromatic heterocycles. The number of alkyl halides is 3. The van der Waals surface area contributed by atoms with Gasteiger partial charge in [-0.25, -0.2) is 9.18 Å². The number of rotatable bonds is 5. The lowest BCUT2D eigenvalue weighted by Gasteiger charge is -2.22. The Morgan fingerprint density at radius 3 is 2.26 bits per heavy atom. The number of carboxylic acids is 1. The number of carbonyl (C=O) groups is 1.